The fourth-order valence-corrected chi connectivity index (χ4v) is 1.05. The SMILES string of the molecule is C=C(/C=C(\C)CS)C(=C)/C=C(\C)CS. The number of rotatable bonds is 5. The monoisotopic (exact) mass is 226 g/mol. The molecule has 0 spiro atoms. The van der Waals surface area contributed by atoms with Crippen LogP contribution < -0.4 is 0 Å². The van der Waals surface area contributed by atoms with Crippen molar-refractivity contribution in [3.63, 3.8) is 0 Å². The summed E-state index contributed by atoms with van der Waals surface area (Å²) in [7, 11) is 0. The van der Waals surface area contributed by atoms with Crippen LogP contribution in [0.3, 0.4) is 0 Å². The van der Waals surface area contributed by atoms with Crippen LogP contribution in [0, 0.1) is 0 Å². The molecule has 0 aromatic rings. The summed E-state index contributed by atoms with van der Waals surface area (Å²) in [5, 5.41) is 0. The number of hydrogen-bond donors (Lipinski definition) is 2. The first-order chi connectivity index (χ1) is 6.51. The van der Waals surface area contributed by atoms with E-state index in [4.69, 9.17) is 0 Å². The van der Waals surface area contributed by atoms with Crippen molar-refractivity contribution in [1.29, 1.82) is 0 Å². The van der Waals surface area contributed by atoms with E-state index in [2.05, 4.69) is 38.4 Å². The van der Waals surface area contributed by atoms with Crippen molar-refractivity contribution in [2.45, 2.75) is 13.8 Å². The van der Waals surface area contributed by atoms with E-state index in [-0.39, 0.29) is 0 Å². The minimum Gasteiger partial charge on any atom is -0.175 e. The van der Waals surface area contributed by atoms with Crippen molar-refractivity contribution >= 4 is 25.3 Å². The Labute approximate surface area is 98.3 Å². The topological polar surface area (TPSA) is 0 Å². The van der Waals surface area contributed by atoms with Gasteiger partial charge in [-0.15, -0.1) is 0 Å². The van der Waals surface area contributed by atoms with Gasteiger partial charge in [-0.1, -0.05) is 36.5 Å². The smallest absolute Gasteiger partial charge is 0.0113 e. The van der Waals surface area contributed by atoms with E-state index in [1.165, 1.54) is 11.1 Å². The Morgan fingerprint density at radius 2 is 1.21 bits per heavy atom. The molecule has 0 N–H and O–H groups in total. The highest BCUT2D eigenvalue weighted by Crippen LogP contribution is 2.13. The molecule has 0 nitrogen and oxygen atoms in total. The molecule has 0 aliphatic carbocycles. The van der Waals surface area contributed by atoms with Gasteiger partial charge in [0, 0.05) is 11.5 Å². The van der Waals surface area contributed by atoms with Gasteiger partial charge in [-0.3, -0.25) is 0 Å². The largest absolute Gasteiger partial charge is 0.175 e. The summed E-state index contributed by atoms with van der Waals surface area (Å²) in [6, 6.07) is 0. The van der Waals surface area contributed by atoms with Crippen molar-refractivity contribution in [2.75, 3.05) is 11.5 Å². The van der Waals surface area contributed by atoms with E-state index < -0.39 is 0 Å². The van der Waals surface area contributed by atoms with Crippen LogP contribution in [0.15, 0.2) is 47.6 Å². The fraction of sp³-hybridized carbons (Fsp3) is 0.333. The maximum absolute atomic E-state index is 4.18. The molecule has 0 fully saturated rings. The van der Waals surface area contributed by atoms with Crippen molar-refractivity contribution in [3.8, 4) is 0 Å². The van der Waals surface area contributed by atoms with Gasteiger partial charge in [-0.05, 0) is 25.0 Å². The molecule has 0 aliphatic rings. The van der Waals surface area contributed by atoms with Crippen LogP contribution >= 0.6 is 25.3 Å². The molecule has 2 heteroatoms. The van der Waals surface area contributed by atoms with Crippen molar-refractivity contribution in [2.24, 2.45) is 0 Å². The third kappa shape index (κ3) is 5.40. The molecular formula is C12H18S2. The lowest BCUT2D eigenvalue weighted by molar-refractivity contribution is 1.36. The van der Waals surface area contributed by atoms with E-state index in [9.17, 15) is 0 Å². The van der Waals surface area contributed by atoms with Gasteiger partial charge in [-0.2, -0.15) is 25.3 Å². The molecule has 78 valence electrons. The molecule has 0 atom stereocenters. The lowest BCUT2D eigenvalue weighted by Crippen LogP contribution is -1.86. The highest BCUT2D eigenvalue weighted by atomic mass is 32.1. The van der Waals surface area contributed by atoms with Gasteiger partial charge in [0.2, 0.25) is 0 Å². The Hall–Kier alpha value is -0.340. The molecule has 0 amide bonds. The zero-order chi connectivity index (χ0) is 11.1. The molecule has 0 radical (unpaired) electrons. The van der Waals surface area contributed by atoms with E-state index >= 15 is 0 Å². The summed E-state index contributed by atoms with van der Waals surface area (Å²) in [6.45, 7) is 12.0. The summed E-state index contributed by atoms with van der Waals surface area (Å²) in [4.78, 5) is 0. The molecular weight excluding hydrogens is 208 g/mol. The van der Waals surface area contributed by atoms with Crippen LogP contribution in [0.1, 0.15) is 13.8 Å². The quantitative estimate of drug-likeness (QED) is 0.516. The zero-order valence-electron chi connectivity index (χ0n) is 8.88. The highest BCUT2D eigenvalue weighted by Gasteiger charge is 1.95. The van der Waals surface area contributed by atoms with Gasteiger partial charge >= 0.3 is 0 Å². The average molecular weight is 226 g/mol. The number of allylic oxidation sites excluding steroid dienone is 4. The minimum atomic E-state index is 0.752. The number of hydrogen-bond acceptors (Lipinski definition) is 2. The van der Waals surface area contributed by atoms with Gasteiger partial charge in [0.05, 0.1) is 0 Å². The third-order valence-corrected chi connectivity index (χ3v) is 2.75. The molecule has 0 unspecified atom stereocenters. The molecule has 0 bridgehead atoms. The summed E-state index contributed by atoms with van der Waals surface area (Å²) >= 11 is 8.36. The van der Waals surface area contributed by atoms with Crippen molar-refractivity contribution < 1.29 is 0 Å². The second-order valence-corrected chi connectivity index (χ2v) is 3.98. The lowest BCUT2D eigenvalue weighted by atomic mass is 10.1. The maximum Gasteiger partial charge on any atom is 0.0113 e. The fourth-order valence-electron chi connectivity index (χ4n) is 0.872. The maximum atomic E-state index is 4.18. The predicted molar refractivity (Wildman–Crippen MR) is 73.5 cm³/mol. The third-order valence-electron chi connectivity index (χ3n) is 1.75. The molecule has 14 heavy (non-hydrogen) atoms. The summed E-state index contributed by atoms with van der Waals surface area (Å²) in [5.41, 5.74) is 4.27. The van der Waals surface area contributed by atoms with Crippen LogP contribution in [0.25, 0.3) is 0 Å². The molecule has 0 aromatic carbocycles. The lowest BCUT2D eigenvalue weighted by Gasteiger charge is -2.03. The van der Waals surface area contributed by atoms with Crippen LogP contribution in [0.2, 0.25) is 0 Å². The Kier molecular flexibility index (Phi) is 6.85. The number of thiol groups is 2. The second kappa shape index (κ2) is 7.02. The predicted octanol–water partition coefficient (Wildman–Crippen LogP) is 3.85. The zero-order valence-corrected chi connectivity index (χ0v) is 10.7. The summed E-state index contributed by atoms with van der Waals surface area (Å²) in [5.74, 6) is 1.50. The Morgan fingerprint density at radius 1 is 0.929 bits per heavy atom. The second-order valence-electron chi connectivity index (χ2n) is 3.35. The van der Waals surface area contributed by atoms with Crippen LogP contribution in [-0.2, 0) is 0 Å². The summed E-state index contributed by atoms with van der Waals surface area (Å²) < 4.78 is 0. The van der Waals surface area contributed by atoms with Gasteiger partial charge in [0.25, 0.3) is 0 Å². The Bertz CT molecular complexity index is 253. The van der Waals surface area contributed by atoms with Gasteiger partial charge < -0.3 is 0 Å². The summed E-state index contributed by atoms with van der Waals surface area (Å²) in [6.07, 6.45) is 4.02. The van der Waals surface area contributed by atoms with Crippen molar-refractivity contribution in [3.05, 3.63) is 47.6 Å². The molecule has 0 aliphatic heterocycles. The average Bonchev–Trinajstić information content (AvgIpc) is 2.17. The van der Waals surface area contributed by atoms with Gasteiger partial charge in [0.1, 0.15) is 0 Å². The van der Waals surface area contributed by atoms with E-state index in [0.29, 0.717) is 0 Å². The van der Waals surface area contributed by atoms with Crippen LogP contribution in [0.5, 0.6) is 0 Å². The Balaban J connectivity index is 4.50. The van der Waals surface area contributed by atoms with Gasteiger partial charge in [-0.25, -0.2) is 0 Å². The Morgan fingerprint density at radius 3 is 1.43 bits per heavy atom. The van der Waals surface area contributed by atoms with E-state index in [0.717, 1.165) is 22.7 Å². The normalized spacial score (nSPS) is 12.9. The standard InChI is InChI=1S/C12H18S2/c1-9(7-13)5-11(3)12(4)6-10(2)8-14/h5-6,13-14H,3-4,7-8H2,1-2H3/b9-5+,10-6+. The van der Waals surface area contributed by atoms with Crippen LogP contribution in [-0.4, -0.2) is 11.5 Å². The highest BCUT2D eigenvalue weighted by molar-refractivity contribution is 7.80. The molecule has 0 heterocycles. The minimum absolute atomic E-state index is 0.752. The molecule has 0 aromatic heterocycles. The molecule has 0 saturated heterocycles. The first kappa shape index (κ1) is 13.7. The molecule has 0 rings (SSSR count). The van der Waals surface area contributed by atoms with Gasteiger partial charge in [0.15, 0.2) is 0 Å². The van der Waals surface area contributed by atoms with E-state index in [1.807, 2.05) is 26.0 Å². The van der Waals surface area contributed by atoms with E-state index in [1.54, 1.807) is 0 Å². The first-order valence-corrected chi connectivity index (χ1v) is 5.72. The van der Waals surface area contributed by atoms with Crippen LogP contribution in [0.4, 0.5) is 0 Å². The van der Waals surface area contributed by atoms with Crippen molar-refractivity contribution in [1.82, 2.24) is 0 Å². The molecule has 0 saturated carbocycles. The first-order valence-electron chi connectivity index (χ1n) is 4.45.